The number of hydrogen-bond donors (Lipinski definition) is 1. The van der Waals surface area contributed by atoms with Crippen molar-refractivity contribution in [2.75, 3.05) is 20.8 Å². The van der Waals surface area contributed by atoms with Crippen LogP contribution in [0.3, 0.4) is 0 Å². The van der Waals surface area contributed by atoms with Crippen LogP contribution in [0.15, 0.2) is 36.4 Å². The molecule has 7 heteroatoms. The van der Waals surface area contributed by atoms with Crippen LogP contribution in [0, 0.1) is 6.92 Å². The third-order valence-corrected chi connectivity index (χ3v) is 4.73. The van der Waals surface area contributed by atoms with Gasteiger partial charge in [0.15, 0.2) is 24.2 Å². The number of benzene rings is 2. The number of rotatable bonds is 10. The second-order valence-electron chi connectivity index (χ2n) is 7.52. The van der Waals surface area contributed by atoms with Crippen molar-refractivity contribution in [1.82, 2.24) is 5.32 Å². The molecule has 2 aromatic carbocycles. The van der Waals surface area contributed by atoms with Gasteiger partial charge in [-0.05, 0) is 54.7 Å². The standard InChI is InChI=1S/C24H31NO6/c1-15(2)19-9-7-16(3)11-21(19)30-14-23(26)31-17(4)24(27)25-13-18-8-10-20(28-5)22(12-18)29-6/h7-12,15,17H,13-14H2,1-6H3,(H,25,27). The Balaban J connectivity index is 1.86. The first-order valence-electron chi connectivity index (χ1n) is 10.2. The summed E-state index contributed by atoms with van der Waals surface area (Å²) in [6.07, 6.45) is -0.946. The highest BCUT2D eigenvalue weighted by Crippen LogP contribution is 2.28. The minimum atomic E-state index is -0.946. The summed E-state index contributed by atoms with van der Waals surface area (Å²) in [7, 11) is 3.10. The van der Waals surface area contributed by atoms with Gasteiger partial charge in [-0.25, -0.2) is 4.79 Å². The van der Waals surface area contributed by atoms with Crippen LogP contribution < -0.4 is 19.5 Å². The predicted octanol–water partition coefficient (Wildman–Crippen LogP) is 3.76. The molecule has 1 unspecified atom stereocenters. The van der Waals surface area contributed by atoms with Gasteiger partial charge in [0.2, 0.25) is 0 Å². The highest BCUT2D eigenvalue weighted by molar-refractivity contribution is 5.83. The lowest BCUT2D eigenvalue weighted by Gasteiger charge is -2.16. The maximum atomic E-state index is 12.3. The number of aryl methyl sites for hydroxylation is 1. The second kappa shape index (κ2) is 11.2. The Labute approximate surface area is 183 Å². The summed E-state index contributed by atoms with van der Waals surface area (Å²) in [6.45, 7) is 7.59. The first-order chi connectivity index (χ1) is 14.7. The van der Waals surface area contributed by atoms with Crippen molar-refractivity contribution in [3.63, 3.8) is 0 Å². The number of methoxy groups -OCH3 is 2. The Morgan fingerprint density at radius 1 is 0.935 bits per heavy atom. The molecule has 0 aliphatic heterocycles. The molecule has 2 aromatic rings. The highest BCUT2D eigenvalue weighted by Gasteiger charge is 2.19. The van der Waals surface area contributed by atoms with Gasteiger partial charge in [-0.15, -0.1) is 0 Å². The molecule has 0 bridgehead atoms. The van der Waals surface area contributed by atoms with Gasteiger partial charge in [0, 0.05) is 6.54 Å². The van der Waals surface area contributed by atoms with Gasteiger partial charge in [0.25, 0.3) is 5.91 Å². The smallest absolute Gasteiger partial charge is 0.344 e. The zero-order chi connectivity index (χ0) is 23.0. The van der Waals surface area contributed by atoms with Crippen LogP contribution >= 0.6 is 0 Å². The molecule has 1 amide bonds. The van der Waals surface area contributed by atoms with E-state index in [9.17, 15) is 9.59 Å². The molecule has 0 saturated heterocycles. The minimum Gasteiger partial charge on any atom is -0.493 e. The van der Waals surface area contributed by atoms with Gasteiger partial charge < -0.3 is 24.3 Å². The van der Waals surface area contributed by atoms with Crippen molar-refractivity contribution in [2.24, 2.45) is 0 Å². The lowest BCUT2D eigenvalue weighted by atomic mass is 10.0. The Kier molecular flexibility index (Phi) is 8.73. The van der Waals surface area contributed by atoms with Crippen molar-refractivity contribution in [3.8, 4) is 17.2 Å². The number of ether oxygens (including phenoxy) is 4. The largest absolute Gasteiger partial charge is 0.493 e. The Bertz CT molecular complexity index is 909. The lowest BCUT2D eigenvalue weighted by molar-refractivity contribution is -0.156. The van der Waals surface area contributed by atoms with Gasteiger partial charge >= 0.3 is 5.97 Å². The molecule has 0 aliphatic rings. The summed E-state index contributed by atoms with van der Waals surface area (Å²) in [6, 6.07) is 11.2. The molecule has 0 radical (unpaired) electrons. The molecule has 2 rings (SSSR count). The van der Waals surface area contributed by atoms with Crippen molar-refractivity contribution in [2.45, 2.75) is 46.3 Å². The number of esters is 1. The molecule has 7 nitrogen and oxygen atoms in total. The molecule has 1 N–H and O–H groups in total. The first kappa shape index (κ1) is 24.1. The van der Waals surface area contributed by atoms with E-state index >= 15 is 0 Å². The fourth-order valence-corrected chi connectivity index (χ4v) is 2.99. The molecule has 31 heavy (non-hydrogen) atoms. The molecule has 168 valence electrons. The monoisotopic (exact) mass is 429 g/mol. The molecule has 0 fully saturated rings. The summed E-state index contributed by atoms with van der Waals surface area (Å²) in [5, 5.41) is 2.74. The van der Waals surface area contributed by atoms with Crippen molar-refractivity contribution in [3.05, 3.63) is 53.1 Å². The molecule has 0 saturated carbocycles. The molecule has 1 atom stereocenters. The molecule has 0 spiro atoms. The Morgan fingerprint density at radius 2 is 1.65 bits per heavy atom. The van der Waals surface area contributed by atoms with Crippen molar-refractivity contribution in [1.29, 1.82) is 0 Å². The quantitative estimate of drug-likeness (QED) is 0.579. The fraction of sp³-hybridized carbons (Fsp3) is 0.417. The molecule has 0 aliphatic carbocycles. The topological polar surface area (TPSA) is 83.1 Å². The fourth-order valence-electron chi connectivity index (χ4n) is 2.99. The zero-order valence-corrected chi connectivity index (χ0v) is 19.0. The average Bonchev–Trinajstić information content (AvgIpc) is 2.75. The predicted molar refractivity (Wildman–Crippen MR) is 118 cm³/mol. The van der Waals surface area contributed by atoms with Crippen LogP contribution in [0.2, 0.25) is 0 Å². The molecular weight excluding hydrogens is 398 g/mol. The number of carbonyl (C=O) groups excluding carboxylic acids is 2. The van der Waals surface area contributed by atoms with Crippen LogP contribution in [-0.2, 0) is 20.9 Å². The first-order valence-corrected chi connectivity index (χ1v) is 10.2. The van der Waals surface area contributed by atoms with Crippen molar-refractivity contribution < 1.29 is 28.5 Å². The summed E-state index contributed by atoms with van der Waals surface area (Å²) in [5.41, 5.74) is 2.88. The molecule has 0 heterocycles. The maximum Gasteiger partial charge on any atom is 0.344 e. The van der Waals surface area contributed by atoms with E-state index in [1.165, 1.54) is 6.92 Å². The summed E-state index contributed by atoms with van der Waals surface area (Å²) >= 11 is 0. The summed E-state index contributed by atoms with van der Waals surface area (Å²) in [4.78, 5) is 24.5. The van der Waals surface area contributed by atoms with E-state index in [0.717, 1.165) is 16.7 Å². The van der Waals surface area contributed by atoms with E-state index in [-0.39, 0.29) is 19.1 Å². The SMILES string of the molecule is COc1ccc(CNC(=O)C(C)OC(=O)COc2cc(C)ccc2C(C)C)cc1OC. The minimum absolute atomic E-state index is 0.257. The number of nitrogens with one attached hydrogen (secondary N) is 1. The third-order valence-electron chi connectivity index (χ3n) is 4.73. The number of carbonyl (C=O) groups is 2. The van der Waals surface area contributed by atoms with Gasteiger partial charge in [0.1, 0.15) is 5.75 Å². The number of hydrogen-bond acceptors (Lipinski definition) is 6. The van der Waals surface area contributed by atoms with E-state index in [4.69, 9.17) is 18.9 Å². The maximum absolute atomic E-state index is 12.3. The van der Waals surface area contributed by atoms with Crippen LogP contribution in [-0.4, -0.2) is 38.8 Å². The Morgan fingerprint density at radius 3 is 2.29 bits per heavy atom. The van der Waals surface area contributed by atoms with E-state index in [0.29, 0.717) is 17.2 Å². The summed E-state index contributed by atoms with van der Waals surface area (Å²) in [5.74, 6) is 1.08. The normalized spacial score (nSPS) is 11.6. The highest BCUT2D eigenvalue weighted by atomic mass is 16.6. The van der Waals surface area contributed by atoms with Gasteiger partial charge in [0.05, 0.1) is 14.2 Å². The van der Waals surface area contributed by atoms with Gasteiger partial charge in [-0.2, -0.15) is 0 Å². The van der Waals surface area contributed by atoms with Crippen LogP contribution in [0.1, 0.15) is 43.4 Å². The van der Waals surface area contributed by atoms with Gasteiger partial charge in [-0.1, -0.05) is 32.0 Å². The third kappa shape index (κ3) is 6.91. The molecule has 0 aromatic heterocycles. The van der Waals surface area contributed by atoms with E-state index < -0.39 is 18.0 Å². The van der Waals surface area contributed by atoms with E-state index in [1.54, 1.807) is 26.4 Å². The second-order valence-corrected chi connectivity index (χ2v) is 7.52. The summed E-state index contributed by atoms with van der Waals surface area (Å²) < 4.78 is 21.3. The Hall–Kier alpha value is -3.22. The van der Waals surface area contributed by atoms with E-state index in [2.05, 4.69) is 19.2 Å². The molecular formula is C24H31NO6. The van der Waals surface area contributed by atoms with Crippen molar-refractivity contribution >= 4 is 11.9 Å². The zero-order valence-electron chi connectivity index (χ0n) is 19.0. The van der Waals surface area contributed by atoms with Crippen LogP contribution in [0.25, 0.3) is 0 Å². The van der Waals surface area contributed by atoms with Gasteiger partial charge in [-0.3, -0.25) is 4.79 Å². The van der Waals surface area contributed by atoms with Crippen LogP contribution in [0.4, 0.5) is 0 Å². The average molecular weight is 430 g/mol. The lowest BCUT2D eigenvalue weighted by Crippen LogP contribution is -2.36. The number of amides is 1. The van der Waals surface area contributed by atoms with Crippen LogP contribution in [0.5, 0.6) is 17.2 Å². The van der Waals surface area contributed by atoms with E-state index in [1.807, 2.05) is 31.2 Å².